The van der Waals surface area contributed by atoms with Gasteiger partial charge in [-0.15, -0.1) is 0 Å². The summed E-state index contributed by atoms with van der Waals surface area (Å²) < 4.78 is 10.8. The molecular weight excluding hydrogens is 316 g/mol. The highest BCUT2D eigenvalue weighted by Crippen LogP contribution is 2.18. The van der Waals surface area contributed by atoms with Gasteiger partial charge in [0.15, 0.2) is 5.96 Å². The highest BCUT2D eigenvalue weighted by molar-refractivity contribution is 5.79. The molecule has 0 aliphatic heterocycles. The van der Waals surface area contributed by atoms with Gasteiger partial charge >= 0.3 is 0 Å². The Kier molecular flexibility index (Phi) is 11.5. The third-order valence-electron chi connectivity index (χ3n) is 3.71. The zero-order valence-corrected chi connectivity index (χ0v) is 16.2. The molecule has 0 unspecified atom stereocenters. The van der Waals surface area contributed by atoms with Gasteiger partial charge in [-0.3, -0.25) is 0 Å². The number of nitrogens with one attached hydrogen (secondary N) is 2. The van der Waals surface area contributed by atoms with Crippen LogP contribution in [0.4, 0.5) is 0 Å². The molecule has 0 fully saturated rings. The summed E-state index contributed by atoms with van der Waals surface area (Å²) >= 11 is 0. The molecule has 0 radical (unpaired) electrons. The van der Waals surface area contributed by atoms with Crippen LogP contribution in [0.1, 0.15) is 25.8 Å². The minimum atomic E-state index is 0.596. The lowest BCUT2D eigenvalue weighted by Gasteiger charge is -2.17. The normalized spacial score (nSPS) is 11.6. The number of hydrogen-bond donors (Lipinski definition) is 2. The van der Waals surface area contributed by atoms with Crippen molar-refractivity contribution in [2.75, 3.05) is 53.6 Å². The van der Waals surface area contributed by atoms with Crippen LogP contribution >= 0.6 is 0 Å². The van der Waals surface area contributed by atoms with Crippen LogP contribution in [-0.2, 0) is 11.3 Å². The summed E-state index contributed by atoms with van der Waals surface area (Å²) in [5, 5.41) is 6.69. The van der Waals surface area contributed by atoms with E-state index in [1.54, 1.807) is 7.11 Å². The molecule has 0 saturated carbocycles. The summed E-state index contributed by atoms with van der Waals surface area (Å²) in [6.07, 6.45) is 1.06. The predicted octanol–water partition coefficient (Wildman–Crippen LogP) is 2.11. The van der Waals surface area contributed by atoms with E-state index < -0.39 is 0 Å². The van der Waals surface area contributed by atoms with Gasteiger partial charge < -0.3 is 25.0 Å². The SMILES string of the molecule is CCNC(=NCc1ccccc1OCC)NCCCN(C)CCOC. The van der Waals surface area contributed by atoms with Gasteiger partial charge in [0.25, 0.3) is 0 Å². The van der Waals surface area contributed by atoms with Crippen LogP contribution in [0, 0.1) is 0 Å². The topological polar surface area (TPSA) is 58.1 Å². The molecular formula is C19H34N4O2. The summed E-state index contributed by atoms with van der Waals surface area (Å²) in [4.78, 5) is 6.95. The van der Waals surface area contributed by atoms with Crippen molar-refractivity contribution in [1.29, 1.82) is 0 Å². The van der Waals surface area contributed by atoms with Crippen molar-refractivity contribution in [2.24, 2.45) is 4.99 Å². The molecule has 0 saturated heterocycles. The zero-order valence-electron chi connectivity index (χ0n) is 16.2. The number of likely N-dealkylation sites (N-methyl/N-ethyl adjacent to an activating group) is 1. The highest BCUT2D eigenvalue weighted by atomic mass is 16.5. The van der Waals surface area contributed by atoms with Gasteiger partial charge in [-0.25, -0.2) is 4.99 Å². The molecule has 0 aliphatic carbocycles. The fourth-order valence-electron chi connectivity index (χ4n) is 2.35. The summed E-state index contributed by atoms with van der Waals surface area (Å²) in [6.45, 7) is 9.81. The Balaban J connectivity index is 2.46. The monoisotopic (exact) mass is 350 g/mol. The standard InChI is InChI=1S/C19H34N4O2/c1-5-20-19(21-12-9-13-23(3)14-15-24-4)22-16-17-10-7-8-11-18(17)25-6-2/h7-8,10-11H,5-6,9,12-16H2,1-4H3,(H2,20,21,22). The van der Waals surface area contributed by atoms with E-state index in [4.69, 9.17) is 9.47 Å². The van der Waals surface area contributed by atoms with Crippen LogP contribution in [0.3, 0.4) is 0 Å². The predicted molar refractivity (Wildman–Crippen MR) is 104 cm³/mol. The molecule has 2 N–H and O–H groups in total. The third kappa shape index (κ3) is 9.31. The van der Waals surface area contributed by atoms with Gasteiger partial charge in [-0.05, 0) is 39.9 Å². The molecule has 0 amide bonds. The Hall–Kier alpha value is -1.79. The first kappa shape index (κ1) is 21.3. The van der Waals surface area contributed by atoms with Crippen molar-refractivity contribution in [3.05, 3.63) is 29.8 Å². The Labute approximate surface area is 152 Å². The Bertz CT molecular complexity index is 494. The first-order valence-electron chi connectivity index (χ1n) is 9.11. The summed E-state index contributed by atoms with van der Waals surface area (Å²) in [5.41, 5.74) is 1.10. The van der Waals surface area contributed by atoms with Crippen molar-refractivity contribution >= 4 is 5.96 Å². The van der Waals surface area contributed by atoms with Crippen LogP contribution in [0.15, 0.2) is 29.3 Å². The molecule has 1 aromatic rings. The average Bonchev–Trinajstić information content (AvgIpc) is 2.62. The van der Waals surface area contributed by atoms with Crippen LogP contribution < -0.4 is 15.4 Å². The third-order valence-corrected chi connectivity index (χ3v) is 3.71. The number of methoxy groups -OCH3 is 1. The molecule has 6 heteroatoms. The number of ether oxygens (including phenoxy) is 2. The molecule has 0 aromatic heterocycles. The van der Waals surface area contributed by atoms with Crippen LogP contribution in [0.2, 0.25) is 0 Å². The lowest BCUT2D eigenvalue weighted by Crippen LogP contribution is -2.38. The second-order valence-electron chi connectivity index (χ2n) is 5.81. The number of hydrogen-bond acceptors (Lipinski definition) is 4. The number of nitrogens with zero attached hydrogens (tertiary/aromatic N) is 2. The maximum Gasteiger partial charge on any atom is 0.191 e. The molecule has 0 bridgehead atoms. The maximum absolute atomic E-state index is 5.66. The first-order valence-corrected chi connectivity index (χ1v) is 9.11. The number of rotatable bonds is 12. The van der Waals surface area contributed by atoms with Gasteiger partial charge in [-0.1, -0.05) is 18.2 Å². The van der Waals surface area contributed by atoms with Crippen LogP contribution in [0.25, 0.3) is 0 Å². The van der Waals surface area contributed by atoms with Crippen molar-refractivity contribution < 1.29 is 9.47 Å². The van der Waals surface area contributed by atoms with Crippen molar-refractivity contribution in [2.45, 2.75) is 26.8 Å². The van der Waals surface area contributed by atoms with Gasteiger partial charge in [0, 0.05) is 32.3 Å². The second-order valence-corrected chi connectivity index (χ2v) is 5.81. The van der Waals surface area contributed by atoms with E-state index in [9.17, 15) is 0 Å². The lowest BCUT2D eigenvalue weighted by atomic mass is 10.2. The van der Waals surface area contributed by atoms with Crippen molar-refractivity contribution in [3.8, 4) is 5.75 Å². The summed E-state index contributed by atoms with van der Waals surface area (Å²) in [6, 6.07) is 8.05. The Morgan fingerprint density at radius 1 is 1.16 bits per heavy atom. The Morgan fingerprint density at radius 3 is 2.68 bits per heavy atom. The van der Waals surface area contributed by atoms with Gasteiger partial charge in [-0.2, -0.15) is 0 Å². The number of aliphatic imine (C=N–C) groups is 1. The molecule has 0 atom stereocenters. The summed E-state index contributed by atoms with van der Waals surface area (Å²) in [7, 11) is 3.85. The molecule has 6 nitrogen and oxygen atoms in total. The average molecular weight is 351 g/mol. The lowest BCUT2D eigenvalue weighted by molar-refractivity contribution is 0.161. The van der Waals surface area contributed by atoms with E-state index in [0.29, 0.717) is 13.2 Å². The molecule has 25 heavy (non-hydrogen) atoms. The largest absolute Gasteiger partial charge is 0.494 e. The number of para-hydroxylation sites is 1. The summed E-state index contributed by atoms with van der Waals surface area (Å²) in [5.74, 6) is 1.75. The van der Waals surface area contributed by atoms with Crippen molar-refractivity contribution in [1.82, 2.24) is 15.5 Å². The number of benzene rings is 1. The fraction of sp³-hybridized carbons (Fsp3) is 0.632. The molecule has 1 aromatic carbocycles. The molecule has 0 heterocycles. The van der Waals surface area contributed by atoms with E-state index in [2.05, 4.69) is 40.6 Å². The van der Waals surface area contributed by atoms with Crippen molar-refractivity contribution in [3.63, 3.8) is 0 Å². The maximum atomic E-state index is 5.66. The second kappa shape index (κ2) is 13.5. The number of guanidine groups is 1. The van der Waals surface area contributed by atoms with Gasteiger partial charge in [0.05, 0.1) is 19.8 Å². The molecule has 0 spiro atoms. The zero-order chi connectivity index (χ0) is 18.3. The fourth-order valence-corrected chi connectivity index (χ4v) is 2.35. The smallest absolute Gasteiger partial charge is 0.191 e. The first-order chi connectivity index (χ1) is 12.2. The van der Waals surface area contributed by atoms with Crippen LogP contribution in [0.5, 0.6) is 5.75 Å². The minimum Gasteiger partial charge on any atom is -0.494 e. The minimum absolute atomic E-state index is 0.596. The van der Waals surface area contributed by atoms with Crippen LogP contribution in [-0.4, -0.2) is 64.4 Å². The highest BCUT2D eigenvalue weighted by Gasteiger charge is 2.03. The van der Waals surface area contributed by atoms with Gasteiger partial charge in [0.2, 0.25) is 0 Å². The Morgan fingerprint density at radius 2 is 1.96 bits per heavy atom. The van der Waals surface area contributed by atoms with E-state index in [1.807, 2.05) is 25.1 Å². The molecule has 142 valence electrons. The van der Waals surface area contributed by atoms with Gasteiger partial charge in [0.1, 0.15) is 5.75 Å². The van der Waals surface area contributed by atoms with E-state index in [1.165, 1.54) is 0 Å². The van der Waals surface area contributed by atoms with E-state index in [0.717, 1.165) is 56.5 Å². The quantitative estimate of drug-likeness (QED) is 0.343. The molecule has 1 rings (SSSR count). The molecule has 0 aliphatic rings. The van der Waals surface area contributed by atoms with E-state index in [-0.39, 0.29) is 0 Å². The van der Waals surface area contributed by atoms with E-state index >= 15 is 0 Å².